The Bertz CT molecular complexity index is 464. The van der Waals surface area contributed by atoms with E-state index in [4.69, 9.17) is 4.74 Å². The van der Waals surface area contributed by atoms with Crippen LogP contribution in [-0.2, 0) is 4.74 Å². The highest BCUT2D eigenvalue weighted by Crippen LogP contribution is 2.13. The minimum Gasteiger partial charge on any atom is -0.450 e. The van der Waals surface area contributed by atoms with Crippen molar-refractivity contribution in [2.45, 2.75) is 25.8 Å². The summed E-state index contributed by atoms with van der Waals surface area (Å²) in [4.78, 5) is 29.5. The first-order valence-corrected chi connectivity index (χ1v) is 6.84. The van der Waals surface area contributed by atoms with E-state index in [0.717, 1.165) is 12.8 Å². The summed E-state index contributed by atoms with van der Waals surface area (Å²) in [5.74, 6) is -0.0963. The zero-order chi connectivity index (χ0) is 14.4. The SMILES string of the molecule is CCOC(=O)NC1CCCN(C(=O)c2ccccn2)C1. The fraction of sp³-hybridized carbons (Fsp3) is 0.500. The van der Waals surface area contributed by atoms with Gasteiger partial charge in [-0.15, -0.1) is 0 Å². The number of amides is 2. The Morgan fingerprint density at radius 1 is 1.50 bits per heavy atom. The Kier molecular flexibility index (Phi) is 4.92. The molecule has 108 valence electrons. The van der Waals surface area contributed by atoms with Crippen LogP contribution < -0.4 is 5.32 Å². The molecule has 1 N–H and O–H groups in total. The van der Waals surface area contributed by atoms with Crippen molar-refractivity contribution in [2.75, 3.05) is 19.7 Å². The monoisotopic (exact) mass is 277 g/mol. The first-order valence-electron chi connectivity index (χ1n) is 6.84. The number of likely N-dealkylation sites (tertiary alicyclic amines) is 1. The van der Waals surface area contributed by atoms with Gasteiger partial charge in [-0.1, -0.05) is 6.07 Å². The van der Waals surface area contributed by atoms with Crippen LogP contribution in [0.5, 0.6) is 0 Å². The molecule has 0 saturated carbocycles. The summed E-state index contributed by atoms with van der Waals surface area (Å²) >= 11 is 0. The third kappa shape index (κ3) is 3.69. The van der Waals surface area contributed by atoms with Crippen molar-refractivity contribution in [3.05, 3.63) is 30.1 Å². The molecular weight excluding hydrogens is 258 g/mol. The number of rotatable bonds is 3. The Balaban J connectivity index is 1.93. The summed E-state index contributed by atoms with van der Waals surface area (Å²) < 4.78 is 4.86. The molecule has 1 aromatic heterocycles. The van der Waals surface area contributed by atoms with Gasteiger partial charge in [0.15, 0.2) is 0 Å². The number of alkyl carbamates (subject to hydrolysis) is 1. The number of carbonyl (C=O) groups excluding carboxylic acids is 2. The molecule has 1 saturated heterocycles. The molecule has 1 aliphatic rings. The largest absolute Gasteiger partial charge is 0.450 e. The summed E-state index contributed by atoms with van der Waals surface area (Å²) in [7, 11) is 0. The molecule has 6 heteroatoms. The van der Waals surface area contributed by atoms with Gasteiger partial charge in [-0.05, 0) is 31.9 Å². The molecular formula is C14H19N3O3. The van der Waals surface area contributed by atoms with Crippen LogP contribution in [0.4, 0.5) is 4.79 Å². The standard InChI is InChI=1S/C14H19N3O3/c1-2-20-14(19)16-11-6-5-9-17(10-11)13(18)12-7-3-4-8-15-12/h3-4,7-8,11H,2,5-6,9-10H2,1H3,(H,16,19). The molecule has 1 atom stereocenters. The van der Waals surface area contributed by atoms with E-state index in [0.29, 0.717) is 25.4 Å². The Morgan fingerprint density at radius 3 is 3.05 bits per heavy atom. The Morgan fingerprint density at radius 2 is 2.35 bits per heavy atom. The molecule has 2 amide bonds. The van der Waals surface area contributed by atoms with Crippen LogP contribution in [0.25, 0.3) is 0 Å². The molecule has 0 spiro atoms. The van der Waals surface area contributed by atoms with Crippen molar-refractivity contribution < 1.29 is 14.3 Å². The average Bonchev–Trinajstić information content (AvgIpc) is 2.48. The van der Waals surface area contributed by atoms with Gasteiger partial charge in [-0.25, -0.2) is 4.79 Å². The summed E-state index contributed by atoms with van der Waals surface area (Å²) in [5.41, 5.74) is 0.435. The highest BCUT2D eigenvalue weighted by atomic mass is 16.5. The summed E-state index contributed by atoms with van der Waals surface area (Å²) in [5, 5.41) is 2.78. The number of hydrogen-bond donors (Lipinski definition) is 1. The number of carbonyl (C=O) groups is 2. The second-order valence-electron chi connectivity index (χ2n) is 4.67. The molecule has 0 radical (unpaired) electrons. The van der Waals surface area contributed by atoms with Crippen LogP contribution in [0, 0.1) is 0 Å². The maximum Gasteiger partial charge on any atom is 0.407 e. The average molecular weight is 277 g/mol. The second-order valence-corrected chi connectivity index (χ2v) is 4.67. The zero-order valence-corrected chi connectivity index (χ0v) is 11.5. The van der Waals surface area contributed by atoms with Crippen molar-refractivity contribution in [1.29, 1.82) is 0 Å². The molecule has 2 heterocycles. The fourth-order valence-corrected chi connectivity index (χ4v) is 2.27. The van der Waals surface area contributed by atoms with Crippen LogP contribution in [0.2, 0.25) is 0 Å². The smallest absolute Gasteiger partial charge is 0.407 e. The predicted octanol–water partition coefficient (Wildman–Crippen LogP) is 1.43. The van der Waals surface area contributed by atoms with E-state index >= 15 is 0 Å². The zero-order valence-electron chi connectivity index (χ0n) is 11.5. The molecule has 0 bridgehead atoms. The highest BCUT2D eigenvalue weighted by molar-refractivity contribution is 5.92. The van der Waals surface area contributed by atoms with E-state index in [2.05, 4.69) is 10.3 Å². The lowest BCUT2D eigenvalue weighted by atomic mass is 10.1. The molecule has 20 heavy (non-hydrogen) atoms. The van der Waals surface area contributed by atoms with Gasteiger partial charge in [0, 0.05) is 25.3 Å². The molecule has 1 aliphatic heterocycles. The molecule has 0 aliphatic carbocycles. The maximum atomic E-state index is 12.3. The molecule has 1 unspecified atom stereocenters. The van der Waals surface area contributed by atoms with Crippen molar-refractivity contribution in [3.8, 4) is 0 Å². The lowest BCUT2D eigenvalue weighted by molar-refractivity contribution is 0.0680. The summed E-state index contributed by atoms with van der Waals surface area (Å²) in [6.45, 7) is 3.29. The number of nitrogens with zero attached hydrogens (tertiary/aromatic N) is 2. The van der Waals surface area contributed by atoms with E-state index in [1.807, 2.05) is 0 Å². The third-order valence-electron chi connectivity index (χ3n) is 3.19. The van der Waals surface area contributed by atoms with Gasteiger partial charge < -0.3 is 15.0 Å². The predicted molar refractivity (Wildman–Crippen MR) is 73.3 cm³/mol. The fourth-order valence-electron chi connectivity index (χ4n) is 2.27. The van der Waals surface area contributed by atoms with Gasteiger partial charge in [0.1, 0.15) is 5.69 Å². The van der Waals surface area contributed by atoms with Gasteiger partial charge >= 0.3 is 6.09 Å². The van der Waals surface area contributed by atoms with Crippen molar-refractivity contribution >= 4 is 12.0 Å². The minimum atomic E-state index is -0.426. The first kappa shape index (κ1) is 14.3. The number of piperidine rings is 1. The van der Waals surface area contributed by atoms with Gasteiger partial charge in [-0.2, -0.15) is 0 Å². The number of nitrogens with one attached hydrogen (secondary N) is 1. The minimum absolute atomic E-state index is 0.0598. The molecule has 2 rings (SSSR count). The normalized spacial score (nSPS) is 18.4. The summed E-state index contributed by atoms with van der Waals surface area (Å²) in [6.07, 6.45) is 2.89. The quantitative estimate of drug-likeness (QED) is 0.907. The van der Waals surface area contributed by atoms with E-state index in [-0.39, 0.29) is 11.9 Å². The van der Waals surface area contributed by atoms with Crippen LogP contribution in [0.1, 0.15) is 30.3 Å². The Labute approximate surface area is 118 Å². The lowest BCUT2D eigenvalue weighted by Gasteiger charge is -2.32. The van der Waals surface area contributed by atoms with Gasteiger partial charge in [-0.3, -0.25) is 9.78 Å². The maximum absolute atomic E-state index is 12.3. The lowest BCUT2D eigenvalue weighted by Crippen LogP contribution is -2.49. The summed E-state index contributed by atoms with van der Waals surface area (Å²) in [6, 6.07) is 5.21. The topological polar surface area (TPSA) is 71.5 Å². The molecule has 6 nitrogen and oxygen atoms in total. The van der Waals surface area contributed by atoms with E-state index < -0.39 is 6.09 Å². The number of hydrogen-bond acceptors (Lipinski definition) is 4. The van der Waals surface area contributed by atoms with E-state index in [9.17, 15) is 9.59 Å². The van der Waals surface area contributed by atoms with Crippen molar-refractivity contribution in [1.82, 2.24) is 15.2 Å². The number of pyridine rings is 1. The van der Waals surface area contributed by atoms with E-state index in [1.54, 1.807) is 36.2 Å². The molecule has 0 aromatic carbocycles. The van der Waals surface area contributed by atoms with Gasteiger partial charge in [0.25, 0.3) is 5.91 Å². The van der Waals surface area contributed by atoms with Crippen LogP contribution in [0.15, 0.2) is 24.4 Å². The number of ether oxygens (including phenoxy) is 1. The second kappa shape index (κ2) is 6.88. The Hall–Kier alpha value is -2.11. The first-order chi connectivity index (χ1) is 9.70. The highest BCUT2D eigenvalue weighted by Gasteiger charge is 2.26. The van der Waals surface area contributed by atoms with Crippen LogP contribution in [-0.4, -0.2) is 47.6 Å². The van der Waals surface area contributed by atoms with Crippen LogP contribution in [0.3, 0.4) is 0 Å². The van der Waals surface area contributed by atoms with Gasteiger partial charge in [0.05, 0.1) is 6.61 Å². The molecule has 1 fully saturated rings. The van der Waals surface area contributed by atoms with Crippen molar-refractivity contribution in [2.24, 2.45) is 0 Å². The van der Waals surface area contributed by atoms with Gasteiger partial charge in [0.2, 0.25) is 0 Å². The number of aromatic nitrogens is 1. The third-order valence-corrected chi connectivity index (χ3v) is 3.19. The van der Waals surface area contributed by atoms with E-state index in [1.165, 1.54) is 0 Å². The molecule has 1 aromatic rings. The van der Waals surface area contributed by atoms with Crippen LogP contribution >= 0.6 is 0 Å². The van der Waals surface area contributed by atoms with Crippen molar-refractivity contribution in [3.63, 3.8) is 0 Å².